The summed E-state index contributed by atoms with van der Waals surface area (Å²) in [6.45, 7) is 4.73. The van der Waals surface area contributed by atoms with Crippen molar-refractivity contribution in [3.8, 4) is 44.8 Å². The van der Waals surface area contributed by atoms with Gasteiger partial charge >= 0.3 is 0 Å². The molecule has 0 bridgehead atoms. The second kappa shape index (κ2) is 12.2. The van der Waals surface area contributed by atoms with Gasteiger partial charge in [-0.2, -0.15) is 0 Å². The normalized spacial score (nSPS) is 13.3. The standard InChI is InChI=1S/C57H38N2O/c1-57(2)49-22-11-9-20-41(49)43-31-46-44-29-37(24-26-51(44)58(53(46)33-50(43)57)39-16-5-3-6-17-39)35-14-13-15-36(28-35)38-25-27-52-45(30-38)47-32-48-42-21-10-12-23-55(42)60-56(48)34-54(47)59(52)40-18-7-4-8-19-40/h3-34H,1-2H3. The van der Waals surface area contributed by atoms with Gasteiger partial charge in [-0.15, -0.1) is 0 Å². The highest BCUT2D eigenvalue weighted by molar-refractivity contribution is 6.18. The van der Waals surface area contributed by atoms with Crippen molar-refractivity contribution in [3.05, 3.63) is 205 Å². The van der Waals surface area contributed by atoms with Crippen molar-refractivity contribution in [2.45, 2.75) is 19.3 Å². The molecule has 0 unspecified atom stereocenters. The molecule has 282 valence electrons. The topological polar surface area (TPSA) is 23.0 Å². The Bertz CT molecular complexity index is 3730. The molecule has 0 spiro atoms. The summed E-state index contributed by atoms with van der Waals surface area (Å²) in [5.41, 5.74) is 19.0. The first-order chi connectivity index (χ1) is 29.5. The lowest BCUT2D eigenvalue weighted by molar-refractivity contribution is 0.661. The van der Waals surface area contributed by atoms with Gasteiger partial charge in [-0.3, -0.25) is 0 Å². The Morgan fingerprint density at radius 2 is 0.883 bits per heavy atom. The Morgan fingerprint density at radius 3 is 1.57 bits per heavy atom. The highest BCUT2D eigenvalue weighted by Gasteiger charge is 2.36. The number of hydrogen-bond acceptors (Lipinski definition) is 1. The van der Waals surface area contributed by atoms with Crippen molar-refractivity contribution >= 4 is 65.6 Å². The van der Waals surface area contributed by atoms with E-state index in [2.05, 4.69) is 211 Å². The molecule has 0 radical (unpaired) electrons. The number of aromatic nitrogens is 2. The van der Waals surface area contributed by atoms with E-state index in [-0.39, 0.29) is 5.41 Å². The van der Waals surface area contributed by atoms with Gasteiger partial charge in [0.2, 0.25) is 0 Å². The number of fused-ring (bicyclic) bond motifs is 12. The molecule has 0 saturated carbocycles. The fourth-order valence-electron chi connectivity index (χ4n) is 10.4. The Balaban J connectivity index is 0.988. The monoisotopic (exact) mass is 766 g/mol. The molecule has 3 heteroatoms. The van der Waals surface area contributed by atoms with Crippen molar-refractivity contribution in [3.63, 3.8) is 0 Å². The summed E-state index contributed by atoms with van der Waals surface area (Å²) in [5, 5.41) is 7.24. The maximum Gasteiger partial charge on any atom is 0.137 e. The van der Waals surface area contributed by atoms with Crippen LogP contribution in [0.15, 0.2) is 199 Å². The first kappa shape index (κ1) is 33.4. The predicted molar refractivity (Wildman–Crippen MR) is 251 cm³/mol. The Kier molecular flexibility index (Phi) is 6.78. The molecule has 0 atom stereocenters. The first-order valence-electron chi connectivity index (χ1n) is 20.8. The van der Waals surface area contributed by atoms with E-state index < -0.39 is 0 Å². The summed E-state index contributed by atoms with van der Waals surface area (Å²) in [5.74, 6) is 0. The molecule has 60 heavy (non-hydrogen) atoms. The SMILES string of the molecule is CC1(C)c2ccccc2-c2cc3c4cc(-c5cccc(-c6ccc7c(c6)c6cc8c(cc6n7-c6ccccc6)oc6ccccc68)c5)ccc4n(-c4ccccc4)c3cc21. The number of furan rings is 1. The molecule has 0 saturated heterocycles. The van der Waals surface area contributed by atoms with Crippen LogP contribution in [0.3, 0.4) is 0 Å². The minimum absolute atomic E-state index is 0.0803. The number of benzene rings is 9. The van der Waals surface area contributed by atoms with E-state index in [1.54, 1.807) is 0 Å². The van der Waals surface area contributed by atoms with E-state index in [4.69, 9.17) is 4.42 Å². The van der Waals surface area contributed by atoms with Crippen LogP contribution in [0.25, 0.3) is 110 Å². The highest BCUT2D eigenvalue weighted by atomic mass is 16.3. The van der Waals surface area contributed by atoms with Crippen LogP contribution in [-0.4, -0.2) is 9.13 Å². The van der Waals surface area contributed by atoms with Gasteiger partial charge < -0.3 is 13.6 Å². The van der Waals surface area contributed by atoms with E-state index in [0.717, 1.165) is 33.1 Å². The summed E-state index contributed by atoms with van der Waals surface area (Å²) in [4.78, 5) is 0. The van der Waals surface area contributed by atoms with Crippen molar-refractivity contribution in [2.75, 3.05) is 0 Å². The number of para-hydroxylation sites is 3. The summed E-state index contributed by atoms with van der Waals surface area (Å²) in [7, 11) is 0. The van der Waals surface area contributed by atoms with Crippen molar-refractivity contribution < 1.29 is 4.42 Å². The van der Waals surface area contributed by atoms with Crippen LogP contribution in [0, 0.1) is 0 Å². The van der Waals surface area contributed by atoms with Crippen LogP contribution < -0.4 is 0 Å². The minimum Gasteiger partial charge on any atom is -0.456 e. The van der Waals surface area contributed by atoms with E-state index >= 15 is 0 Å². The number of nitrogens with zero attached hydrogens (tertiary/aromatic N) is 2. The van der Waals surface area contributed by atoms with E-state index in [9.17, 15) is 0 Å². The third-order valence-electron chi connectivity index (χ3n) is 13.3. The van der Waals surface area contributed by atoms with E-state index in [1.165, 1.54) is 88.3 Å². The number of hydrogen-bond donors (Lipinski definition) is 0. The fraction of sp³-hybridized carbons (Fsp3) is 0.0526. The average Bonchev–Trinajstić information content (AvgIpc) is 3.99. The lowest BCUT2D eigenvalue weighted by Crippen LogP contribution is -2.14. The molecule has 0 aliphatic heterocycles. The Morgan fingerprint density at radius 1 is 0.333 bits per heavy atom. The van der Waals surface area contributed by atoms with Crippen LogP contribution in [0.1, 0.15) is 25.0 Å². The number of rotatable bonds is 4. The first-order valence-corrected chi connectivity index (χ1v) is 20.8. The summed E-state index contributed by atoms with van der Waals surface area (Å²) in [6, 6.07) is 71.2. The van der Waals surface area contributed by atoms with Crippen LogP contribution >= 0.6 is 0 Å². The molecule has 3 aromatic heterocycles. The zero-order valence-corrected chi connectivity index (χ0v) is 33.3. The molecule has 0 N–H and O–H groups in total. The molecular weight excluding hydrogens is 729 g/mol. The molecule has 3 heterocycles. The van der Waals surface area contributed by atoms with Crippen LogP contribution in [-0.2, 0) is 5.41 Å². The maximum atomic E-state index is 6.40. The van der Waals surface area contributed by atoms with Crippen molar-refractivity contribution in [1.29, 1.82) is 0 Å². The summed E-state index contributed by atoms with van der Waals surface area (Å²) >= 11 is 0. The van der Waals surface area contributed by atoms with Gasteiger partial charge in [-0.25, -0.2) is 0 Å². The summed E-state index contributed by atoms with van der Waals surface area (Å²) < 4.78 is 11.2. The third-order valence-corrected chi connectivity index (χ3v) is 13.3. The lowest BCUT2D eigenvalue weighted by Gasteiger charge is -2.21. The van der Waals surface area contributed by atoms with Crippen molar-refractivity contribution in [2.24, 2.45) is 0 Å². The molecule has 1 aliphatic rings. The van der Waals surface area contributed by atoms with Crippen molar-refractivity contribution in [1.82, 2.24) is 9.13 Å². The molecule has 3 nitrogen and oxygen atoms in total. The smallest absolute Gasteiger partial charge is 0.137 e. The largest absolute Gasteiger partial charge is 0.456 e. The van der Waals surface area contributed by atoms with Gasteiger partial charge in [0.15, 0.2) is 0 Å². The lowest BCUT2D eigenvalue weighted by atomic mass is 9.82. The third kappa shape index (κ3) is 4.66. The second-order valence-electron chi connectivity index (χ2n) is 16.9. The Hall–Kier alpha value is -7.62. The predicted octanol–water partition coefficient (Wildman–Crippen LogP) is 15.4. The van der Waals surface area contributed by atoms with Gasteiger partial charge in [-0.1, -0.05) is 123 Å². The fourth-order valence-corrected chi connectivity index (χ4v) is 10.4. The second-order valence-corrected chi connectivity index (χ2v) is 16.9. The molecule has 0 amide bonds. The van der Waals surface area contributed by atoms with Crippen LogP contribution in [0.2, 0.25) is 0 Å². The Labute approximate surface area is 347 Å². The minimum atomic E-state index is -0.0803. The quantitative estimate of drug-likeness (QED) is 0.175. The van der Waals surface area contributed by atoms with E-state index in [1.807, 2.05) is 6.07 Å². The molecule has 1 aliphatic carbocycles. The van der Waals surface area contributed by atoms with Gasteiger partial charge in [0.1, 0.15) is 11.2 Å². The van der Waals surface area contributed by atoms with Gasteiger partial charge in [0, 0.05) is 55.2 Å². The maximum absolute atomic E-state index is 6.40. The molecule has 12 aromatic rings. The van der Waals surface area contributed by atoms with Crippen LogP contribution in [0.4, 0.5) is 0 Å². The van der Waals surface area contributed by atoms with Gasteiger partial charge in [0.25, 0.3) is 0 Å². The highest BCUT2D eigenvalue weighted by Crippen LogP contribution is 2.51. The van der Waals surface area contributed by atoms with Crippen LogP contribution in [0.5, 0.6) is 0 Å². The van der Waals surface area contributed by atoms with Gasteiger partial charge in [0.05, 0.1) is 22.1 Å². The molecule has 13 rings (SSSR count). The average molecular weight is 767 g/mol. The molecule has 9 aromatic carbocycles. The molecular formula is C57H38N2O. The summed E-state index contributed by atoms with van der Waals surface area (Å²) in [6.07, 6.45) is 0. The van der Waals surface area contributed by atoms with Gasteiger partial charge in [-0.05, 0) is 123 Å². The zero-order chi connectivity index (χ0) is 39.7. The molecule has 0 fully saturated rings. The zero-order valence-electron chi connectivity index (χ0n) is 33.3. The van der Waals surface area contributed by atoms with E-state index in [0.29, 0.717) is 0 Å².